The van der Waals surface area contributed by atoms with Crippen LogP contribution in [0.5, 0.6) is 0 Å². The smallest absolute Gasteiger partial charge is 0.246 e. The molecule has 1 N–H and O–H groups in total. The molecule has 1 aromatic carbocycles. The van der Waals surface area contributed by atoms with Crippen LogP contribution in [0.4, 0.5) is 0 Å². The van der Waals surface area contributed by atoms with Crippen LogP contribution in [0, 0.1) is 0 Å². The second-order valence-corrected chi connectivity index (χ2v) is 5.90. The molecule has 120 valence electrons. The van der Waals surface area contributed by atoms with E-state index < -0.39 is 0 Å². The molecule has 0 bridgehead atoms. The fourth-order valence-corrected chi connectivity index (χ4v) is 2.91. The summed E-state index contributed by atoms with van der Waals surface area (Å²) in [6.45, 7) is 7.00. The zero-order chi connectivity index (χ0) is 16.4. The molecule has 0 unspecified atom stereocenters. The van der Waals surface area contributed by atoms with Crippen molar-refractivity contribution in [2.75, 3.05) is 13.1 Å². The van der Waals surface area contributed by atoms with Crippen LogP contribution in [0.15, 0.2) is 43.1 Å². The first-order valence-corrected chi connectivity index (χ1v) is 7.89. The summed E-state index contributed by atoms with van der Waals surface area (Å²) in [4.78, 5) is 25.2. The Morgan fingerprint density at radius 1 is 1.35 bits per heavy atom. The average Bonchev–Trinajstić information content (AvgIpc) is 2.91. The van der Waals surface area contributed by atoms with Crippen molar-refractivity contribution in [2.24, 2.45) is 0 Å². The number of rotatable bonds is 5. The number of benzene rings is 1. The van der Waals surface area contributed by atoms with Gasteiger partial charge >= 0.3 is 0 Å². The summed E-state index contributed by atoms with van der Waals surface area (Å²) in [5.74, 6) is -0.114. The number of carbonyl (C=O) groups is 2. The van der Waals surface area contributed by atoms with Crippen molar-refractivity contribution in [2.45, 2.75) is 25.9 Å². The fourth-order valence-electron chi connectivity index (χ4n) is 2.91. The lowest BCUT2D eigenvalue weighted by molar-refractivity contribution is -0.133. The van der Waals surface area contributed by atoms with Gasteiger partial charge in [-0.25, -0.2) is 0 Å². The summed E-state index contributed by atoms with van der Waals surface area (Å²) in [7, 11) is 0. The number of aromatic nitrogens is 1. The van der Waals surface area contributed by atoms with Crippen molar-refractivity contribution in [3.8, 4) is 0 Å². The quantitative estimate of drug-likeness (QED) is 0.855. The minimum Gasteiger partial charge on any atom is -0.348 e. The van der Waals surface area contributed by atoms with E-state index in [9.17, 15) is 9.59 Å². The van der Waals surface area contributed by atoms with Crippen molar-refractivity contribution < 1.29 is 9.59 Å². The third-order valence-corrected chi connectivity index (χ3v) is 4.29. The number of hydrogen-bond donors (Lipinski definition) is 1. The van der Waals surface area contributed by atoms with E-state index in [2.05, 4.69) is 37.0 Å². The Kier molecular flexibility index (Phi) is 4.19. The standard InChI is InChI=1S/C18H21N3O2/c1-3-13-5-6-16-14(9-13)7-8-20(16)12-17(22)19-15-10-21(11-15)18(23)4-2/h4-9,15H,2-3,10-12H2,1H3,(H,19,22). The Hall–Kier alpha value is -2.56. The molecule has 2 amide bonds. The Morgan fingerprint density at radius 3 is 2.83 bits per heavy atom. The molecule has 0 aliphatic carbocycles. The Labute approximate surface area is 135 Å². The maximum absolute atomic E-state index is 12.2. The molecule has 23 heavy (non-hydrogen) atoms. The predicted molar refractivity (Wildman–Crippen MR) is 90.0 cm³/mol. The molecule has 3 rings (SSSR count). The molecule has 0 atom stereocenters. The highest BCUT2D eigenvalue weighted by Gasteiger charge is 2.30. The number of nitrogens with zero attached hydrogens (tertiary/aromatic N) is 2. The Bertz CT molecular complexity index is 757. The van der Waals surface area contributed by atoms with Crippen LogP contribution in [0.1, 0.15) is 12.5 Å². The van der Waals surface area contributed by atoms with E-state index in [-0.39, 0.29) is 17.9 Å². The number of amides is 2. The molecular formula is C18H21N3O2. The van der Waals surface area contributed by atoms with Gasteiger partial charge in [0.25, 0.3) is 0 Å². The van der Waals surface area contributed by atoms with Gasteiger partial charge in [-0.3, -0.25) is 9.59 Å². The topological polar surface area (TPSA) is 54.3 Å². The second-order valence-electron chi connectivity index (χ2n) is 5.90. The lowest BCUT2D eigenvalue weighted by Crippen LogP contribution is -2.61. The Morgan fingerprint density at radius 2 is 2.13 bits per heavy atom. The third-order valence-electron chi connectivity index (χ3n) is 4.29. The number of hydrogen-bond acceptors (Lipinski definition) is 2. The molecule has 1 aliphatic heterocycles. The van der Waals surface area contributed by atoms with Gasteiger partial charge in [0.2, 0.25) is 11.8 Å². The molecule has 1 aliphatic rings. The molecule has 0 radical (unpaired) electrons. The monoisotopic (exact) mass is 311 g/mol. The number of nitrogens with one attached hydrogen (secondary N) is 1. The van der Waals surface area contributed by atoms with Crippen molar-refractivity contribution in [3.63, 3.8) is 0 Å². The number of likely N-dealkylation sites (tertiary alicyclic amines) is 1. The summed E-state index contributed by atoms with van der Waals surface area (Å²) >= 11 is 0. The molecule has 5 heteroatoms. The largest absolute Gasteiger partial charge is 0.348 e. The SMILES string of the molecule is C=CC(=O)N1CC(NC(=O)Cn2ccc3cc(CC)ccc32)C1. The van der Waals surface area contributed by atoms with E-state index in [0.29, 0.717) is 19.6 Å². The van der Waals surface area contributed by atoms with Gasteiger partial charge in [-0.05, 0) is 41.6 Å². The van der Waals surface area contributed by atoms with Gasteiger partial charge in [-0.15, -0.1) is 0 Å². The summed E-state index contributed by atoms with van der Waals surface area (Å²) in [5, 5.41) is 4.12. The van der Waals surface area contributed by atoms with Crippen LogP contribution in [-0.4, -0.2) is 40.4 Å². The number of aryl methyl sites for hydroxylation is 1. The molecule has 1 fully saturated rings. The van der Waals surface area contributed by atoms with E-state index >= 15 is 0 Å². The maximum Gasteiger partial charge on any atom is 0.246 e. The zero-order valence-electron chi connectivity index (χ0n) is 13.3. The first-order chi connectivity index (χ1) is 11.1. The van der Waals surface area contributed by atoms with Gasteiger partial charge in [0.15, 0.2) is 0 Å². The van der Waals surface area contributed by atoms with Crippen molar-refractivity contribution in [1.82, 2.24) is 14.8 Å². The van der Waals surface area contributed by atoms with Crippen LogP contribution in [-0.2, 0) is 22.6 Å². The van der Waals surface area contributed by atoms with E-state index in [1.54, 1.807) is 4.90 Å². The normalized spacial score (nSPS) is 14.6. The van der Waals surface area contributed by atoms with Crippen LogP contribution in [0.2, 0.25) is 0 Å². The van der Waals surface area contributed by atoms with E-state index in [0.717, 1.165) is 17.3 Å². The maximum atomic E-state index is 12.2. The van der Waals surface area contributed by atoms with Gasteiger partial charge in [-0.1, -0.05) is 19.6 Å². The molecule has 1 saturated heterocycles. The first-order valence-electron chi connectivity index (χ1n) is 7.89. The molecule has 2 heterocycles. The molecule has 0 saturated carbocycles. The second kappa shape index (κ2) is 6.28. The van der Waals surface area contributed by atoms with Crippen LogP contribution >= 0.6 is 0 Å². The number of fused-ring (bicyclic) bond motifs is 1. The van der Waals surface area contributed by atoms with Crippen LogP contribution < -0.4 is 5.32 Å². The minimum atomic E-state index is -0.0846. The minimum absolute atomic E-state index is 0.0298. The molecule has 2 aromatic rings. The summed E-state index contributed by atoms with van der Waals surface area (Å²) in [6, 6.07) is 8.40. The number of carbonyl (C=O) groups excluding carboxylic acids is 2. The van der Waals surface area contributed by atoms with Gasteiger partial charge in [0.1, 0.15) is 6.54 Å². The lowest BCUT2D eigenvalue weighted by atomic mass is 10.1. The van der Waals surface area contributed by atoms with E-state index in [1.165, 1.54) is 11.6 Å². The molecule has 1 aromatic heterocycles. The highest BCUT2D eigenvalue weighted by Crippen LogP contribution is 2.18. The third kappa shape index (κ3) is 3.13. The van der Waals surface area contributed by atoms with Gasteiger partial charge in [0, 0.05) is 24.8 Å². The van der Waals surface area contributed by atoms with Crippen LogP contribution in [0.3, 0.4) is 0 Å². The van der Waals surface area contributed by atoms with Crippen molar-refractivity contribution in [1.29, 1.82) is 0 Å². The average molecular weight is 311 g/mol. The van der Waals surface area contributed by atoms with Crippen molar-refractivity contribution >= 4 is 22.7 Å². The van der Waals surface area contributed by atoms with Gasteiger partial charge in [0.05, 0.1) is 6.04 Å². The first kappa shape index (κ1) is 15.3. The van der Waals surface area contributed by atoms with Gasteiger partial charge in [-0.2, -0.15) is 0 Å². The predicted octanol–water partition coefficient (Wildman–Crippen LogP) is 1.72. The Balaban J connectivity index is 1.59. The zero-order valence-corrected chi connectivity index (χ0v) is 13.3. The molecule has 5 nitrogen and oxygen atoms in total. The highest BCUT2D eigenvalue weighted by atomic mass is 16.2. The lowest BCUT2D eigenvalue weighted by Gasteiger charge is -2.38. The van der Waals surface area contributed by atoms with E-state index in [4.69, 9.17) is 0 Å². The molecule has 0 spiro atoms. The van der Waals surface area contributed by atoms with Crippen LogP contribution in [0.25, 0.3) is 10.9 Å². The highest BCUT2D eigenvalue weighted by molar-refractivity contribution is 5.88. The summed E-state index contributed by atoms with van der Waals surface area (Å²) in [6.07, 6.45) is 4.25. The molecular weight excluding hydrogens is 290 g/mol. The fraction of sp³-hybridized carbons (Fsp3) is 0.333. The van der Waals surface area contributed by atoms with E-state index in [1.807, 2.05) is 16.8 Å². The van der Waals surface area contributed by atoms with Gasteiger partial charge < -0.3 is 14.8 Å². The summed E-state index contributed by atoms with van der Waals surface area (Å²) < 4.78 is 1.95. The summed E-state index contributed by atoms with van der Waals surface area (Å²) in [5.41, 5.74) is 2.36. The van der Waals surface area contributed by atoms with Crippen molar-refractivity contribution in [3.05, 3.63) is 48.7 Å².